The Kier molecular flexibility index (Phi) is 5.34. The van der Waals surface area contributed by atoms with Crippen LogP contribution in [0.5, 0.6) is 0 Å². The summed E-state index contributed by atoms with van der Waals surface area (Å²) in [5.41, 5.74) is 0. The van der Waals surface area contributed by atoms with E-state index in [4.69, 9.17) is 5.11 Å². The average Bonchev–Trinajstić information content (AvgIpc) is 3.00. The number of rotatable bonds is 7. The van der Waals surface area contributed by atoms with Crippen molar-refractivity contribution in [2.75, 3.05) is 42.3 Å². The highest BCUT2D eigenvalue weighted by Crippen LogP contribution is 2.19. The fourth-order valence-corrected chi connectivity index (χ4v) is 2.32. The third kappa shape index (κ3) is 3.69. The van der Waals surface area contributed by atoms with Crippen LogP contribution in [0.2, 0.25) is 0 Å². The predicted molar refractivity (Wildman–Crippen MR) is 80.2 cm³/mol. The maximum atomic E-state index is 9.06. The smallest absolute Gasteiger partial charge is 0.231 e. The third-order valence-electron chi connectivity index (χ3n) is 3.54. The van der Waals surface area contributed by atoms with Crippen molar-refractivity contribution in [2.24, 2.45) is 0 Å². The summed E-state index contributed by atoms with van der Waals surface area (Å²) in [5, 5.41) is 15.3. The summed E-state index contributed by atoms with van der Waals surface area (Å²) in [4.78, 5) is 15.4. The molecule has 112 valence electrons. The molecule has 0 spiro atoms. The van der Waals surface area contributed by atoms with Gasteiger partial charge in [0.1, 0.15) is 0 Å². The molecule has 1 fully saturated rings. The van der Waals surface area contributed by atoms with Gasteiger partial charge in [-0.25, -0.2) is 0 Å². The minimum atomic E-state index is 0.161. The van der Waals surface area contributed by atoms with Crippen LogP contribution in [0.4, 0.5) is 17.8 Å². The molecule has 7 heteroatoms. The lowest BCUT2D eigenvalue weighted by atomic mass is 10.2. The van der Waals surface area contributed by atoms with Crippen molar-refractivity contribution in [3.63, 3.8) is 0 Å². The van der Waals surface area contributed by atoms with Crippen LogP contribution >= 0.6 is 0 Å². The summed E-state index contributed by atoms with van der Waals surface area (Å²) in [6.07, 6.45) is 3.98. The van der Waals surface area contributed by atoms with Crippen LogP contribution in [0, 0.1) is 0 Å². The lowest BCUT2D eigenvalue weighted by molar-refractivity contribution is 0.278. The molecule has 1 aromatic heterocycles. The Bertz CT molecular complexity index is 421. The van der Waals surface area contributed by atoms with E-state index in [1.807, 2.05) is 0 Å². The van der Waals surface area contributed by atoms with Gasteiger partial charge >= 0.3 is 0 Å². The van der Waals surface area contributed by atoms with Gasteiger partial charge in [-0.05, 0) is 25.7 Å². The van der Waals surface area contributed by atoms with Crippen LogP contribution in [-0.2, 0) is 0 Å². The van der Waals surface area contributed by atoms with E-state index in [0.29, 0.717) is 18.3 Å². The number of aliphatic hydroxyl groups is 1. The number of anilines is 3. The van der Waals surface area contributed by atoms with Crippen LogP contribution in [0.25, 0.3) is 0 Å². The summed E-state index contributed by atoms with van der Waals surface area (Å²) in [6.45, 7) is 4.24. The highest BCUT2D eigenvalue weighted by Gasteiger charge is 2.18. The maximum Gasteiger partial charge on any atom is 0.231 e. The van der Waals surface area contributed by atoms with E-state index in [0.717, 1.165) is 25.5 Å². The molecule has 0 radical (unpaired) electrons. The quantitative estimate of drug-likeness (QED) is 0.689. The Morgan fingerprint density at radius 1 is 1.20 bits per heavy atom. The van der Waals surface area contributed by atoms with Gasteiger partial charge in [0.2, 0.25) is 17.8 Å². The molecule has 0 amide bonds. The highest BCUT2D eigenvalue weighted by atomic mass is 16.3. The number of nitrogens with one attached hydrogen (secondary N) is 2. The molecule has 3 N–H and O–H groups in total. The standard InChI is InChI=1S/C13H24N6O/c1-3-10(6-9-20)15-12-16-11(14-2)17-13(18-12)19-7-4-5-8-19/h10,20H,3-9H2,1-2H3,(H2,14,15,16,17,18). The summed E-state index contributed by atoms with van der Waals surface area (Å²) in [5.74, 6) is 1.87. The molecule has 0 aromatic carbocycles. The molecule has 1 aliphatic rings. The fourth-order valence-electron chi connectivity index (χ4n) is 2.32. The van der Waals surface area contributed by atoms with Crippen molar-refractivity contribution in [2.45, 2.75) is 38.6 Å². The molecular weight excluding hydrogens is 256 g/mol. The molecule has 0 aliphatic carbocycles. The van der Waals surface area contributed by atoms with Gasteiger partial charge in [-0.15, -0.1) is 0 Å². The van der Waals surface area contributed by atoms with Crippen molar-refractivity contribution in [1.29, 1.82) is 0 Å². The van der Waals surface area contributed by atoms with Crippen molar-refractivity contribution in [3.05, 3.63) is 0 Å². The highest BCUT2D eigenvalue weighted by molar-refractivity contribution is 5.44. The predicted octanol–water partition coefficient (Wildman–Crippen LogP) is 1.09. The lowest BCUT2D eigenvalue weighted by Crippen LogP contribution is -2.25. The third-order valence-corrected chi connectivity index (χ3v) is 3.54. The Morgan fingerprint density at radius 2 is 1.90 bits per heavy atom. The van der Waals surface area contributed by atoms with Crippen molar-refractivity contribution in [3.8, 4) is 0 Å². The van der Waals surface area contributed by atoms with Crippen molar-refractivity contribution < 1.29 is 5.11 Å². The summed E-state index contributed by atoms with van der Waals surface area (Å²) < 4.78 is 0. The van der Waals surface area contributed by atoms with Crippen LogP contribution in [-0.4, -0.2) is 52.8 Å². The molecule has 2 heterocycles. The molecule has 0 saturated carbocycles. The molecule has 1 atom stereocenters. The zero-order valence-corrected chi connectivity index (χ0v) is 12.3. The maximum absolute atomic E-state index is 9.06. The molecule has 1 aromatic rings. The van der Waals surface area contributed by atoms with Gasteiger partial charge in [0, 0.05) is 32.8 Å². The molecule has 2 rings (SSSR count). The Hall–Kier alpha value is -1.63. The minimum Gasteiger partial charge on any atom is -0.396 e. The van der Waals surface area contributed by atoms with Gasteiger partial charge in [-0.2, -0.15) is 15.0 Å². The van der Waals surface area contributed by atoms with Crippen molar-refractivity contribution in [1.82, 2.24) is 15.0 Å². The van der Waals surface area contributed by atoms with E-state index < -0.39 is 0 Å². The number of aromatic nitrogens is 3. The second-order valence-corrected chi connectivity index (χ2v) is 4.99. The SMILES string of the molecule is CCC(CCO)Nc1nc(NC)nc(N2CCCC2)n1. The Labute approximate surface area is 119 Å². The molecule has 1 saturated heterocycles. The fraction of sp³-hybridized carbons (Fsp3) is 0.769. The molecule has 1 aliphatic heterocycles. The number of hydrogen-bond acceptors (Lipinski definition) is 7. The number of hydrogen-bond donors (Lipinski definition) is 3. The van der Waals surface area contributed by atoms with Gasteiger partial charge in [0.25, 0.3) is 0 Å². The first-order chi connectivity index (χ1) is 9.76. The van der Waals surface area contributed by atoms with Crippen LogP contribution in [0.15, 0.2) is 0 Å². The summed E-state index contributed by atoms with van der Waals surface area (Å²) >= 11 is 0. The van der Waals surface area contributed by atoms with E-state index in [9.17, 15) is 0 Å². The van der Waals surface area contributed by atoms with Crippen LogP contribution in [0.1, 0.15) is 32.6 Å². The van der Waals surface area contributed by atoms with Crippen LogP contribution < -0.4 is 15.5 Å². The normalized spacial score (nSPS) is 16.2. The number of nitrogens with zero attached hydrogens (tertiary/aromatic N) is 4. The second kappa shape index (κ2) is 7.23. The molecule has 20 heavy (non-hydrogen) atoms. The average molecular weight is 280 g/mol. The van der Waals surface area contributed by atoms with Crippen LogP contribution in [0.3, 0.4) is 0 Å². The zero-order chi connectivity index (χ0) is 14.4. The zero-order valence-electron chi connectivity index (χ0n) is 12.3. The first-order valence-corrected chi connectivity index (χ1v) is 7.33. The molecule has 1 unspecified atom stereocenters. The van der Waals surface area contributed by atoms with Gasteiger partial charge in [-0.1, -0.05) is 6.92 Å². The number of aliphatic hydroxyl groups excluding tert-OH is 1. The monoisotopic (exact) mass is 280 g/mol. The van der Waals surface area contributed by atoms with Gasteiger partial charge in [0.15, 0.2) is 0 Å². The summed E-state index contributed by atoms with van der Waals surface area (Å²) in [7, 11) is 1.80. The first kappa shape index (κ1) is 14.8. The second-order valence-electron chi connectivity index (χ2n) is 4.99. The van der Waals surface area contributed by atoms with E-state index in [-0.39, 0.29) is 12.6 Å². The van der Waals surface area contributed by atoms with Gasteiger partial charge < -0.3 is 20.6 Å². The van der Waals surface area contributed by atoms with Crippen molar-refractivity contribution >= 4 is 17.8 Å². The minimum absolute atomic E-state index is 0.161. The first-order valence-electron chi connectivity index (χ1n) is 7.33. The topological polar surface area (TPSA) is 86.2 Å². The van der Waals surface area contributed by atoms with E-state index >= 15 is 0 Å². The Morgan fingerprint density at radius 3 is 2.50 bits per heavy atom. The van der Waals surface area contributed by atoms with E-state index in [2.05, 4.69) is 37.4 Å². The summed E-state index contributed by atoms with van der Waals surface area (Å²) in [6, 6.07) is 0.179. The van der Waals surface area contributed by atoms with E-state index in [1.165, 1.54) is 12.8 Å². The van der Waals surface area contributed by atoms with E-state index in [1.54, 1.807) is 7.05 Å². The molecular formula is C13H24N6O. The Balaban J connectivity index is 2.16. The van der Waals surface area contributed by atoms with Gasteiger partial charge in [-0.3, -0.25) is 0 Å². The van der Waals surface area contributed by atoms with Gasteiger partial charge in [0.05, 0.1) is 0 Å². The molecule has 7 nitrogen and oxygen atoms in total. The lowest BCUT2D eigenvalue weighted by Gasteiger charge is -2.19. The molecule has 0 bridgehead atoms. The largest absolute Gasteiger partial charge is 0.396 e.